The summed E-state index contributed by atoms with van der Waals surface area (Å²) in [7, 11) is 1.66. The van der Waals surface area contributed by atoms with Gasteiger partial charge in [0.15, 0.2) is 0 Å². The highest BCUT2D eigenvalue weighted by atomic mass is 79.9. The van der Waals surface area contributed by atoms with E-state index in [1.165, 1.54) is 14.7 Å². The first kappa shape index (κ1) is 30.5. The van der Waals surface area contributed by atoms with Crippen LogP contribution in [0.3, 0.4) is 0 Å². The molecule has 0 radical (unpaired) electrons. The highest BCUT2D eigenvalue weighted by Gasteiger charge is 2.77. The molecule has 0 saturated carbocycles. The summed E-state index contributed by atoms with van der Waals surface area (Å²) >= 11 is 10.4. The topological polar surface area (TPSA) is 90.4 Å². The number of anilines is 1. The summed E-state index contributed by atoms with van der Waals surface area (Å²) in [6.07, 6.45) is 2.97. The van der Waals surface area contributed by atoms with E-state index in [1.54, 1.807) is 25.3 Å². The van der Waals surface area contributed by atoms with Crippen molar-refractivity contribution >= 4 is 50.9 Å². The zero-order chi connectivity index (χ0) is 30.3. The Labute approximate surface area is 259 Å². The lowest BCUT2D eigenvalue weighted by Crippen LogP contribution is -2.58. The zero-order valence-electron chi connectivity index (χ0n) is 23.7. The van der Waals surface area contributed by atoms with Gasteiger partial charge in [-0.3, -0.25) is 14.4 Å². The number of para-hydroxylation sites is 1. The van der Waals surface area contributed by atoms with Crippen LogP contribution >= 0.6 is 27.5 Å². The number of amides is 3. The maximum absolute atomic E-state index is 14.9. The first-order chi connectivity index (χ1) is 20.1. The number of carbonyl (C=O) groups excluding carboxylic acids is 3. The molecule has 42 heavy (non-hydrogen) atoms. The number of hydrogen-bond donors (Lipinski definition) is 1. The molecule has 5 rings (SSSR count). The lowest BCUT2D eigenvalue weighted by Gasteiger charge is -2.40. The Kier molecular flexibility index (Phi) is 8.67. The van der Waals surface area contributed by atoms with Crippen LogP contribution in [0.5, 0.6) is 0 Å². The molecule has 3 unspecified atom stereocenters. The monoisotopic (exact) mass is 655 g/mol. The number of benzene rings is 2. The van der Waals surface area contributed by atoms with E-state index < -0.39 is 54.0 Å². The fourth-order valence-corrected chi connectivity index (χ4v) is 8.33. The van der Waals surface area contributed by atoms with Gasteiger partial charge >= 0.3 is 0 Å². The van der Waals surface area contributed by atoms with Crippen molar-refractivity contribution in [2.45, 2.75) is 42.0 Å². The molecule has 2 bridgehead atoms. The normalized spacial score (nSPS) is 28.4. The number of aliphatic hydroxyl groups excluding tert-OH is 1. The second-order valence-electron chi connectivity index (χ2n) is 11.2. The van der Waals surface area contributed by atoms with Crippen LogP contribution in [0.4, 0.5) is 5.69 Å². The van der Waals surface area contributed by atoms with E-state index in [0.29, 0.717) is 29.2 Å². The Morgan fingerprint density at radius 1 is 1.17 bits per heavy atom. The minimum Gasteiger partial charge on any atom is -0.394 e. The number of hydrogen-bond acceptors (Lipinski definition) is 5. The number of ether oxygens (including phenoxy) is 1. The summed E-state index contributed by atoms with van der Waals surface area (Å²) in [6, 6.07) is 12.5. The predicted molar refractivity (Wildman–Crippen MR) is 165 cm³/mol. The Balaban J connectivity index is 1.69. The van der Waals surface area contributed by atoms with E-state index in [-0.39, 0.29) is 17.3 Å². The Hall–Kier alpha value is -2.98. The van der Waals surface area contributed by atoms with Gasteiger partial charge in [-0.05, 0) is 30.5 Å². The summed E-state index contributed by atoms with van der Waals surface area (Å²) < 4.78 is 6.68. The fraction of sp³-hybridized carbons (Fsp3) is 0.406. The Morgan fingerprint density at radius 3 is 2.48 bits per heavy atom. The average molecular weight is 657 g/mol. The number of fused-ring (bicyclic) bond motifs is 1. The first-order valence-electron chi connectivity index (χ1n) is 14.0. The molecule has 8 nitrogen and oxygen atoms in total. The lowest BCUT2D eigenvalue weighted by atomic mass is 9.70. The summed E-state index contributed by atoms with van der Waals surface area (Å²) in [5.41, 5.74) is 0.652. The van der Waals surface area contributed by atoms with Gasteiger partial charge in [0.25, 0.3) is 5.91 Å². The number of aliphatic hydroxyl groups is 1. The molecule has 3 saturated heterocycles. The van der Waals surface area contributed by atoms with E-state index in [0.717, 1.165) is 5.56 Å². The van der Waals surface area contributed by atoms with Crippen LogP contribution in [0.25, 0.3) is 0 Å². The number of likely N-dealkylation sites (tertiary alicyclic amines) is 1. The highest BCUT2D eigenvalue weighted by Crippen LogP contribution is 2.61. The van der Waals surface area contributed by atoms with E-state index >= 15 is 0 Å². The third-order valence-corrected chi connectivity index (χ3v) is 9.90. The van der Waals surface area contributed by atoms with Gasteiger partial charge in [0.2, 0.25) is 11.8 Å². The van der Waals surface area contributed by atoms with Crippen molar-refractivity contribution in [3.63, 3.8) is 0 Å². The van der Waals surface area contributed by atoms with Crippen LogP contribution in [-0.2, 0) is 19.1 Å². The average Bonchev–Trinajstić information content (AvgIpc) is 3.56. The third kappa shape index (κ3) is 4.71. The SMILES string of the molecule is C=CCN(C)C(=O)[C@H]1[C@@H]2OC3(CC2Br)C(C(=O)N(CC=C)c2c(C)cccc2Cl)N([C@H](CO)c2ccccc2)C(=O)[C@H]13. The molecule has 0 aromatic heterocycles. The largest absolute Gasteiger partial charge is 0.394 e. The van der Waals surface area contributed by atoms with Crippen LogP contribution < -0.4 is 4.90 Å². The second kappa shape index (κ2) is 12.0. The number of carbonyl (C=O) groups is 3. The minimum absolute atomic E-state index is 0.128. The molecular weight excluding hydrogens is 622 g/mol. The summed E-state index contributed by atoms with van der Waals surface area (Å²) in [5, 5.41) is 11.1. The molecule has 2 aromatic carbocycles. The van der Waals surface area contributed by atoms with Gasteiger partial charge in [-0.2, -0.15) is 0 Å². The van der Waals surface area contributed by atoms with Crippen molar-refractivity contribution in [2.24, 2.45) is 11.8 Å². The molecule has 7 atom stereocenters. The smallest absolute Gasteiger partial charge is 0.253 e. The van der Waals surface area contributed by atoms with Crippen molar-refractivity contribution in [1.29, 1.82) is 0 Å². The predicted octanol–water partition coefficient (Wildman–Crippen LogP) is 4.29. The lowest BCUT2D eigenvalue weighted by molar-refractivity contribution is -0.147. The van der Waals surface area contributed by atoms with Crippen molar-refractivity contribution in [3.05, 3.63) is 90.0 Å². The Bertz CT molecular complexity index is 1390. The molecule has 3 aliphatic rings. The molecule has 1 spiro atoms. The van der Waals surface area contributed by atoms with Gasteiger partial charge in [-0.15, -0.1) is 13.2 Å². The molecule has 3 aliphatic heterocycles. The number of rotatable bonds is 10. The van der Waals surface area contributed by atoms with E-state index in [9.17, 15) is 19.5 Å². The Morgan fingerprint density at radius 2 is 1.86 bits per heavy atom. The van der Waals surface area contributed by atoms with Gasteiger partial charge in [0.05, 0.1) is 41.3 Å². The molecule has 222 valence electrons. The maximum Gasteiger partial charge on any atom is 0.253 e. The van der Waals surface area contributed by atoms with Crippen LogP contribution in [0.15, 0.2) is 73.8 Å². The molecule has 10 heteroatoms. The molecule has 1 N–H and O–H groups in total. The first-order valence-corrected chi connectivity index (χ1v) is 15.2. The quantitative estimate of drug-likeness (QED) is 0.305. The number of alkyl halides is 1. The molecule has 3 amide bonds. The minimum atomic E-state index is -1.31. The standard InChI is InChI=1S/C32H35BrClN3O5/c1-5-15-35(4)29(39)24-25-30(40)37(23(18-38)20-12-8-7-9-13-20)28(32(25)17-21(33)27(24)42-32)31(41)36(16-6-2)26-19(3)11-10-14-22(26)34/h5-14,21,23-25,27-28,38H,1-2,15-18H2,3-4H3/t21?,23-,24-,25+,27-,28?,32?/m1/s1. The van der Waals surface area contributed by atoms with Gasteiger partial charge in [-0.1, -0.05) is 82.1 Å². The van der Waals surface area contributed by atoms with Crippen molar-refractivity contribution in [2.75, 3.05) is 31.6 Å². The van der Waals surface area contributed by atoms with Gasteiger partial charge in [0.1, 0.15) is 11.6 Å². The van der Waals surface area contributed by atoms with Crippen molar-refractivity contribution < 1.29 is 24.2 Å². The molecule has 3 heterocycles. The fourth-order valence-electron chi connectivity index (χ4n) is 7.07. The molecular formula is C32H35BrClN3O5. The van der Waals surface area contributed by atoms with Gasteiger partial charge in [0, 0.05) is 25.0 Å². The van der Waals surface area contributed by atoms with Crippen LogP contribution in [0.1, 0.15) is 23.6 Å². The second-order valence-corrected chi connectivity index (χ2v) is 12.8. The summed E-state index contributed by atoms with van der Waals surface area (Å²) in [6.45, 7) is 9.48. The number of likely N-dealkylation sites (N-methyl/N-ethyl adjacent to an activating group) is 1. The third-order valence-electron chi connectivity index (χ3n) is 8.75. The number of nitrogens with zero attached hydrogens (tertiary/aromatic N) is 3. The number of aryl methyl sites for hydroxylation is 1. The van der Waals surface area contributed by atoms with Gasteiger partial charge in [-0.25, -0.2) is 0 Å². The molecule has 3 fully saturated rings. The highest BCUT2D eigenvalue weighted by molar-refractivity contribution is 9.09. The zero-order valence-corrected chi connectivity index (χ0v) is 26.0. The van der Waals surface area contributed by atoms with Crippen molar-refractivity contribution in [1.82, 2.24) is 9.80 Å². The summed E-state index contributed by atoms with van der Waals surface area (Å²) in [4.78, 5) is 47.6. The number of halogens is 2. The van der Waals surface area contributed by atoms with Crippen molar-refractivity contribution in [3.8, 4) is 0 Å². The van der Waals surface area contributed by atoms with Crippen LogP contribution in [0, 0.1) is 18.8 Å². The van der Waals surface area contributed by atoms with Gasteiger partial charge < -0.3 is 24.5 Å². The molecule has 0 aliphatic carbocycles. The molecule has 2 aromatic rings. The van der Waals surface area contributed by atoms with Crippen LogP contribution in [0.2, 0.25) is 5.02 Å². The van der Waals surface area contributed by atoms with E-state index in [4.69, 9.17) is 16.3 Å². The van der Waals surface area contributed by atoms with E-state index in [2.05, 4.69) is 29.1 Å². The van der Waals surface area contributed by atoms with Crippen LogP contribution in [-0.4, -0.2) is 81.9 Å². The van der Waals surface area contributed by atoms with E-state index in [1.807, 2.05) is 49.4 Å². The summed E-state index contributed by atoms with van der Waals surface area (Å²) in [5.74, 6) is -2.78. The maximum atomic E-state index is 14.9.